The van der Waals surface area contributed by atoms with Crippen LogP contribution in [-0.2, 0) is 16.1 Å². The second-order valence-electron chi connectivity index (χ2n) is 4.86. The second kappa shape index (κ2) is 8.98. The first-order chi connectivity index (χ1) is 10.1. The number of hydrogen-bond acceptors (Lipinski definition) is 5. The molecule has 1 rings (SSSR count). The van der Waals surface area contributed by atoms with Gasteiger partial charge in [0.1, 0.15) is 17.9 Å². The molecule has 0 heterocycles. The van der Waals surface area contributed by atoms with Gasteiger partial charge in [0.05, 0.1) is 7.11 Å². The molecule has 0 spiro atoms. The number of carbonyl (C=O) groups excluding carboxylic acids is 1. The zero-order chi connectivity index (χ0) is 15.7. The van der Waals surface area contributed by atoms with Crippen molar-refractivity contribution in [2.75, 3.05) is 13.7 Å². The Hall–Kier alpha value is -2.06. The maximum Gasteiger partial charge on any atom is 0.323 e. The fourth-order valence-electron chi connectivity index (χ4n) is 1.97. The summed E-state index contributed by atoms with van der Waals surface area (Å²) in [5.74, 6) is 0.589. The van der Waals surface area contributed by atoms with Crippen LogP contribution in [0, 0.1) is 17.2 Å². The Balaban J connectivity index is 2.67. The monoisotopic (exact) mass is 290 g/mol. The third kappa shape index (κ3) is 5.44. The Bertz CT molecular complexity index is 497. The van der Waals surface area contributed by atoms with Gasteiger partial charge in [-0.15, -0.1) is 0 Å². The van der Waals surface area contributed by atoms with Crippen molar-refractivity contribution in [3.8, 4) is 11.8 Å². The number of benzene rings is 1. The first-order valence-electron chi connectivity index (χ1n) is 7.02. The summed E-state index contributed by atoms with van der Waals surface area (Å²) in [4.78, 5) is 11.8. The van der Waals surface area contributed by atoms with Gasteiger partial charge in [0, 0.05) is 6.54 Å². The minimum Gasteiger partial charge on any atom is -0.479 e. The van der Waals surface area contributed by atoms with Crippen molar-refractivity contribution < 1.29 is 14.3 Å². The van der Waals surface area contributed by atoms with Crippen LogP contribution in [0.15, 0.2) is 24.3 Å². The number of rotatable bonds is 8. The lowest BCUT2D eigenvalue weighted by Gasteiger charge is -2.22. The maximum atomic E-state index is 11.8. The van der Waals surface area contributed by atoms with E-state index in [1.54, 1.807) is 6.07 Å². The molecule has 2 atom stereocenters. The van der Waals surface area contributed by atoms with Crippen molar-refractivity contribution >= 4 is 5.97 Å². The van der Waals surface area contributed by atoms with E-state index in [0.717, 1.165) is 12.0 Å². The van der Waals surface area contributed by atoms with E-state index in [9.17, 15) is 4.79 Å². The average molecular weight is 290 g/mol. The normalized spacial score (nSPS) is 13.0. The van der Waals surface area contributed by atoms with E-state index in [4.69, 9.17) is 14.7 Å². The number of esters is 1. The van der Waals surface area contributed by atoms with Gasteiger partial charge < -0.3 is 14.8 Å². The number of hydrogen-bond donors (Lipinski definition) is 1. The van der Waals surface area contributed by atoms with E-state index in [2.05, 4.69) is 5.32 Å². The van der Waals surface area contributed by atoms with Crippen LogP contribution < -0.4 is 10.1 Å². The molecule has 1 aromatic rings. The summed E-state index contributed by atoms with van der Waals surface area (Å²) < 4.78 is 10.1. The van der Waals surface area contributed by atoms with Crippen molar-refractivity contribution in [3.63, 3.8) is 0 Å². The summed E-state index contributed by atoms with van der Waals surface area (Å²) in [7, 11) is 1.40. The Labute approximate surface area is 125 Å². The van der Waals surface area contributed by atoms with E-state index in [1.165, 1.54) is 7.11 Å². The fraction of sp³-hybridized carbons (Fsp3) is 0.500. The topological polar surface area (TPSA) is 71.3 Å². The highest BCUT2D eigenvalue weighted by Gasteiger charge is 2.24. The fourth-order valence-corrected chi connectivity index (χ4v) is 1.97. The summed E-state index contributed by atoms with van der Waals surface area (Å²) in [5, 5.41) is 11.7. The lowest BCUT2D eigenvalue weighted by atomic mass is 9.99. The van der Waals surface area contributed by atoms with Crippen molar-refractivity contribution in [3.05, 3.63) is 29.8 Å². The lowest BCUT2D eigenvalue weighted by Crippen LogP contribution is -2.42. The van der Waals surface area contributed by atoms with E-state index in [0.29, 0.717) is 12.3 Å². The molecule has 0 aliphatic rings. The Morgan fingerprint density at radius 2 is 2.24 bits per heavy atom. The minimum atomic E-state index is -0.330. The van der Waals surface area contributed by atoms with Gasteiger partial charge in [0.25, 0.3) is 0 Å². The summed E-state index contributed by atoms with van der Waals surface area (Å²) in [5.41, 5.74) is 0.989. The average Bonchev–Trinajstić information content (AvgIpc) is 2.52. The third-order valence-corrected chi connectivity index (χ3v) is 3.40. The number of nitrogens with one attached hydrogen (secondary N) is 1. The zero-order valence-electron chi connectivity index (χ0n) is 12.8. The molecule has 21 heavy (non-hydrogen) atoms. The van der Waals surface area contributed by atoms with Crippen LogP contribution in [0.4, 0.5) is 0 Å². The Kier molecular flexibility index (Phi) is 7.27. The van der Waals surface area contributed by atoms with Gasteiger partial charge >= 0.3 is 5.97 Å². The molecule has 0 fully saturated rings. The third-order valence-electron chi connectivity index (χ3n) is 3.40. The quantitative estimate of drug-likeness (QED) is 0.744. The molecule has 1 N–H and O–H groups in total. The molecule has 1 aromatic carbocycles. The molecule has 0 amide bonds. The smallest absolute Gasteiger partial charge is 0.323 e. The molecule has 0 aliphatic heterocycles. The molecule has 0 bridgehead atoms. The standard InChI is InChI=1S/C16H22N2O3/c1-4-12(2)15(16(19)20-3)18-11-13-6-5-7-14(10-13)21-9-8-17/h5-7,10,12,15,18H,4,9,11H2,1-3H3. The summed E-state index contributed by atoms with van der Waals surface area (Å²) in [6.07, 6.45) is 0.887. The molecule has 5 nitrogen and oxygen atoms in total. The second-order valence-corrected chi connectivity index (χ2v) is 4.86. The largest absolute Gasteiger partial charge is 0.479 e. The number of nitriles is 1. The van der Waals surface area contributed by atoms with Crippen molar-refractivity contribution in [2.24, 2.45) is 5.92 Å². The van der Waals surface area contributed by atoms with Crippen LogP contribution in [0.1, 0.15) is 25.8 Å². The van der Waals surface area contributed by atoms with Crippen LogP contribution in [0.3, 0.4) is 0 Å². The number of carbonyl (C=O) groups is 1. The highest BCUT2D eigenvalue weighted by atomic mass is 16.5. The molecule has 0 radical (unpaired) electrons. The van der Waals surface area contributed by atoms with E-state index in [-0.39, 0.29) is 24.5 Å². The summed E-state index contributed by atoms with van der Waals surface area (Å²) in [6, 6.07) is 9.06. The van der Waals surface area contributed by atoms with Crippen LogP contribution in [-0.4, -0.2) is 25.7 Å². The first-order valence-corrected chi connectivity index (χ1v) is 7.02. The van der Waals surface area contributed by atoms with Gasteiger partial charge in [0.2, 0.25) is 0 Å². The zero-order valence-corrected chi connectivity index (χ0v) is 12.8. The van der Waals surface area contributed by atoms with Crippen molar-refractivity contribution in [2.45, 2.75) is 32.9 Å². The molecule has 2 unspecified atom stereocenters. The molecule has 0 aliphatic carbocycles. The Morgan fingerprint density at radius 1 is 1.48 bits per heavy atom. The Morgan fingerprint density at radius 3 is 2.86 bits per heavy atom. The molecule has 5 heteroatoms. The van der Waals surface area contributed by atoms with Crippen LogP contribution >= 0.6 is 0 Å². The van der Waals surface area contributed by atoms with Gasteiger partial charge in [-0.1, -0.05) is 32.4 Å². The molecule has 0 saturated heterocycles. The van der Waals surface area contributed by atoms with Gasteiger partial charge in [-0.05, 0) is 23.6 Å². The van der Waals surface area contributed by atoms with Crippen molar-refractivity contribution in [1.82, 2.24) is 5.32 Å². The van der Waals surface area contributed by atoms with E-state index in [1.807, 2.05) is 38.1 Å². The van der Waals surface area contributed by atoms with Crippen LogP contribution in [0.25, 0.3) is 0 Å². The van der Waals surface area contributed by atoms with E-state index < -0.39 is 0 Å². The number of ether oxygens (including phenoxy) is 2. The SMILES string of the molecule is CCC(C)C(NCc1cccc(OCC#N)c1)C(=O)OC. The lowest BCUT2D eigenvalue weighted by molar-refractivity contribution is -0.144. The number of methoxy groups -OCH3 is 1. The van der Waals surface area contributed by atoms with Gasteiger partial charge in [0.15, 0.2) is 6.61 Å². The van der Waals surface area contributed by atoms with Crippen LogP contribution in [0.2, 0.25) is 0 Å². The molecule has 114 valence electrons. The molecule has 0 saturated carbocycles. The van der Waals surface area contributed by atoms with Gasteiger partial charge in [-0.25, -0.2) is 0 Å². The molecule has 0 aromatic heterocycles. The first kappa shape index (κ1) is 17.0. The highest BCUT2D eigenvalue weighted by molar-refractivity contribution is 5.75. The highest BCUT2D eigenvalue weighted by Crippen LogP contribution is 2.15. The predicted molar refractivity (Wildman–Crippen MR) is 79.6 cm³/mol. The summed E-state index contributed by atoms with van der Waals surface area (Å²) >= 11 is 0. The number of nitrogens with zero attached hydrogens (tertiary/aromatic N) is 1. The summed E-state index contributed by atoms with van der Waals surface area (Å²) in [6.45, 7) is 4.61. The maximum absolute atomic E-state index is 11.8. The molecular weight excluding hydrogens is 268 g/mol. The van der Waals surface area contributed by atoms with Gasteiger partial charge in [-0.2, -0.15) is 5.26 Å². The van der Waals surface area contributed by atoms with Gasteiger partial charge in [-0.3, -0.25) is 4.79 Å². The van der Waals surface area contributed by atoms with Crippen LogP contribution in [0.5, 0.6) is 5.75 Å². The minimum absolute atomic E-state index is 0.0224. The molecular formula is C16H22N2O3. The predicted octanol–water partition coefficient (Wildman–Crippen LogP) is 2.27. The van der Waals surface area contributed by atoms with E-state index >= 15 is 0 Å². The van der Waals surface area contributed by atoms with Crippen molar-refractivity contribution in [1.29, 1.82) is 5.26 Å².